The molecule has 1 aromatic heterocycles. The molecule has 90 valence electrons. The number of aromatic nitrogens is 2. The summed E-state index contributed by atoms with van der Waals surface area (Å²) in [5.74, 6) is 3.01. The topological polar surface area (TPSA) is 49.8 Å². The first-order valence-electron chi connectivity index (χ1n) is 5.98. The van der Waals surface area contributed by atoms with Gasteiger partial charge in [-0.3, -0.25) is 0 Å². The highest BCUT2D eigenvalue weighted by molar-refractivity contribution is 5.47. The van der Waals surface area contributed by atoms with Gasteiger partial charge in [0, 0.05) is 25.6 Å². The highest BCUT2D eigenvalue weighted by Gasteiger charge is 2.06. The number of hydrogen-bond acceptors (Lipinski definition) is 4. The summed E-state index contributed by atoms with van der Waals surface area (Å²) in [6.07, 6.45) is 2.35. The van der Waals surface area contributed by atoms with E-state index < -0.39 is 0 Å². The minimum absolute atomic E-state index is 0.347. The second-order valence-electron chi connectivity index (χ2n) is 4.18. The molecule has 0 aliphatic heterocycles. The molecule has 4 nitrogen and oxygen atoms in total. The summed E-state index contributed by atoms with van der Waals surface area (Å²) in [5, 5.41) is 6.39. The van der Waals surface area contributed by atoms with E-state index in [1.807, 2.05) is 13.1 Å². The van der Waals surface area contributed by atoms with Crippen molar-refractivity contribution in [2.45, 2.75) is 39.5 Å². The highest BCUT2D eigenvalue weighted by atomic mass is 15.1. The first-order chi connectivity index (χ1) is 7.67. The number of anilines is 2. The summed E-state index contributed by atoms with van der Waals surface area (Å²) in [6.45, 7) is 7.35. The lowest BCUT2D eigenvalue weighted by Crippen LogP contribution is -2.08. The van der Waals surface area contributed by atoms with E-state index in [9.17, 15) is 0 Å². The van der Waals surface area contributed by atoms with Crippen molar-refractivity contribution in [1.82, 2.24) is 9.97 Å². The molecule has 1 aromatic rings. The van der Waals surface area contributed by atoms with Gasteiger partial charge in [0.25, 0.3) is 0 Å². The van der Waals surface area contributed by atoms with Crippen molar-refractivity contribution < 1.29 is 0 Å². The van der Waals surface area contributed by atoms with Crippen LogP contribution in [-0.2, 0) is 0 Å². The van der Waals surface area contributed by atoms with Gasteiger partial charge in [-0.25, -0.2) is 9.97 Å². The van der Waals surface area contributed by atoms with Crippen LogP contribution in [0.3, 0.4) is 0 Å². The number of nitrogens with zero attached hydrogens (tertiary/aromatic N) is 2. The van der Waals surface area contributed by atoms with E-state index >= 15 is 0 Å². The molecule has 0 spiro atoms. The van der Waals surface area contributed by atoms with Crippen molar-refractivity contribution >= 4 is 11.6 Å². The number of hydrogen-bond donors (Lipinski definition) is 2. The molecule has 1 heterocycles. The van der Waals surface area contributed by atoms with Crippen molar-refractivity contribution in [3.8, 4) is 0 Å². The Kier molecular flexibility index (Phi) is 5.02. The van der Waals surface area contributed by atoms with Crippen LogP contribution in [0.25, 0.3) is 0 Å². The molecule has 0 amide bonds. The molecule has 0 saturated carbocycles. The smallest absolute Gasteiger partial charge is 0.135 e. The lowest BCUT2D eigenvalue weighted by molar-refractivity contribution is 0.771. The van der Waals surface area contributed by atoms with Crippen LogP contribution in [0.5, 0.6) is 0 Å². The zero-order valence-corrected chi connectivity index (χ0v) is 10.7. The van der Waals surface area contributed by atoms with Crippen molar-refractivity contribution in [2.75, 3.05) is 24.2 Å². The van der Waals surface area contributed by atoms with Gasteiger partial charge in [-0.05, 0) is 6.42 Å². The summed E-state index contributed by atoms with van der Waals surface area (Å²) < 4.78 is 0. The van der Waals surface area contributed by atoms with E-state index in [1.54, 1.807) is 0 Å². The summed E-state index contributed by atoms with van der Waals surface area (Å²) in [5.41, 5.74) is 0. The molecular weight excluding hydrogens is 200 g/mol. The van der Waals surface area contributed by atoms with Gasteiger partial charge in [-0.1, -0.05) is 27.2 Å². The molecular formula is C12H22N4. The van der Waals surface area contributed by atoms with Crippen LogP contribution >= 0.6 is 0 Å². The zero-order chi connectivity index (χ0) is 12.0. The zero-order valence-electron chi connectivity index (χ0n) is 10.7. The molecule has 0 unspecified atom stereocenters. The molecule has 2 N–H and O–H groups in total. The van der Waals surface area contributed by atoms with Crippen molar-refractivity contribution in [3.05, 3.63) is 11.9 Å². The molecule has 0 saturated heterocycles. The Balaban J connectivity index is 2.78. The molecule has 0 bridgehead atoms. The van der Waals surface area contributed by atoms with Gasteiger partial charge in [-0.2, -0.15) is 0 Å². The average molecular weight is 222 g/mol. The molecule has 16 heavy (non-hydrogen) atoms. The Labute approximate surface area is 97.9 Å². The minimum Gasteiger partial charge on any atom is -0.373 e. The van der Waals surface area contributed by atoms with Gasteiger partial charge in [0.15, 0.2) is 0 Å². The number of nitrogens with one attached hydrogen (secondary N) is 2. The molecule has 0 aliphatic carbocycles. The van der Waals surface area contributed by atoms with Crippen molar-refractivity contribution in [3.63, 3.8) is 0 Å². The van der Waals surface area contributed by atoms with Crippen molar-refractivity contribution in [2.24, 2.45) is 0 Å². The third-order valence-electron chi connectivity index (χ3n) is 2.35. The first kappa shape index (κ1) is 12.7. The van der Waals surface area contributed by atoms with Gasteiger partial charge in [0.1, 0.15) is 17.5 Å². The Bertz CT molecular complexity index is 323. The molecule has 1 rings (SSSR count). The monoisotopic (exact) mass is 222 g/mol. The quantitative estimate of drug-likeness (QED) is 0.727. The third-order valence-corrected chi connectivity index (χ3v) is 2.35. The minimum atomic E-state index is 0.347. The predicted octanol–water partition coefficient (Wildman–Crippen LogP) is 2.85. The molecule has 0 atom stereocenters. The fourth-order valence-corrected chi connectivity index (χ4v) is 1.34. The lowest BCUT2D eigenvalue weighted by Gasteiger charge is -2.11. The van der Waals surface area contributed by atoms with E-state index in [-0.39, 0.29) is 0 Å². The Morgan fingerprint density at radius 3 is 2.50 bits per heavy atom. The maximum atomic E-state index is 4.49. The molecule has 0 aliphatic rings. The Hall–Kier alpha value is -1.32. The molecule has 0 radical (unpaired) electrons. The van der Waals surface area contributed by atoms with Crippen LogP contribution in [-0.4, -0.2) is 23.6 Å². The van der Waals surface area contributed by atoms with Gasteiger partial charge >= 0.3 is 0 Å². The largest absolute Gasteiger partial charge is 0.373 e. The van der Waals surface area contributed by atoms with Crippen LogP contribution in [0.1, 0.15) is 45.4 Å². The lowest BCUT2D eigenvalue weighted by atomic mass is 10.2. The normalized spacial score (nSPS) is 10.6. The van der Waals surface area contributed by atoms with E-state index in [4.69, 9.17) is 0 Å². The van der Waals surface area contributed by atoms with E-state index in [2.05, 4.69) is 41.4 Å². The van der Waals surface area contributed by atoms with E-state index in [1.165, 1.54) is 6.42 Å². The Morgan fingerprint density at radius 1 is 1.25 bits per heavy atom. The third kappa shape index (κ3) is 3.68. The molecule has 0 aromatic carbocycles. The summed E-state index contributed by atoms with van der Waals surface area (Å²) in [7, 11) is 1.88. The maximum Gasteiger partial charge on any atom is 0.135 e. The van der Waals surface area contributed by atoms with Crippen LogP contribution in [0.4, 0.5) is 11.6 Å². The fraction of sp³-hybridized carbons (Fsp3) is 0.667. The maximum absolute atomic E-state index is 4.49. The van der Waals surface area contributed by atoms with Crippen LogP contribution < -0.4 is 10.6 Å². The van der Waals surface area contributed by atoms with Crippen LogP contribution in [0.15, 0.2) is 6.07 Å². The van der Waals surface area contributed by atoms with Gasteiger partial charge in [0.2, 0.25) is 0 Å². The number of rotatable bonds is 6. The van der Waals surface area contributed by atoms with E-state index in [0.717, 1.165) is 30.4 Å². The van der Waals surface area contributed by atoms with Gasteiger partial charge in [0.05, 0.1) is 0 Å². The average Bonchev–Trinajstić information content (AvgIpc) is 2.29. The fourth-order valence-electron chi connectivity index (χ4n) is 1.34. The van der Waals surface area contributed by atoms with Crippen molar-refractivity contribution in [1.29, 1.82) is 0 Å². The molecule has 0 fully saturated rings. The predicted molar refractivity (Wildman–Crippen MR) is 69.1 cm³/mol. The van der Waals surface area contributed by atoms with Gasteiger partial charge < -0.3 is 10.6 Å². The second-order valence-corrected chi connectivity index (χ2v) is 4.18. The van der Waals surface area contributed by atoms with E-state index in [0.29, 0.717) is 5.92 Å². The summed E-state index contributed by atoms with van der Waals surface area (Å²) in [6, 6.07) is 1.95. The molecule has 4 heteroatoms. The summed E-state index contributed by atoms with van der Waals surface area (Å²) in [4.78, 5) is 8.91. The number of unbranched alkanes of at least 4 members (excludes halogenated alkanes) is 1. The van der Waals surface area contributed by atoms with Crippen LogP contribution in [0.2, 0.25) is 0 Å². The Morgan fingerprint density at radius 2 is 1.94 bits per heavy atom. The van der Waals surface area contributed by atoms with Gasteiger partial charge in [-0.15, -0.1) is 0 Å². The standard InChI is InChI=1S/C12H22N4/c1-5-6-7-14-11-8-10(13-4)15-12(16-11)9(2)3/h8-9H,5-7H2,1-4H3,(H2,13,14,15,16). The first-order valence-corrected chi connectivity index (χ1v) is 5.98. The highest BCUT2D eigenvalue weighted by Crippen LogP contribution is 2.16. The summed E-state index contributed by atoms with van der Waals surface area (Å²) >= 11 is 0. The second kappa shape index (κ2) is 6.30. The SMILES string of the molecule is CCCCNc1cc(NC)nc(C(C)C)n1. The van der Waals surface area contributed by atoms with Crippen LogP contribution in [0, 0.1) is 0 Å².